The zero-order valence-corrected chi connectivity index (χ0v) is 10.8. The Bertz CT molecular complexity index is 413. The van der Waals surface area contributed by atoms with Crippen molar-refractivity contribution in [3.05, 3.63) is 34.4 Å². The molecule has 0 saturated heterocycles. The summed E-state index contributed by atoms with van der Waals surface area (Å²) in [6, 6.07) is 6.89. The largest absolute Gasteiger partial charge is 0.301 e. The molecule has 1 aromatic rings. The van der Waals surface area contributed by atoms with Crippen molar-refractivity contribution in [1.29, 1.82) is 5.26 Å². The molecule has 0 radical (unpaired) electrons. The Morgan fingerprint density at radius 1 is 1.12 bits per heavy atom. The molecule has 0 saturated carbocycles. The number of nitriles is 1. The van der Waals surface area contributed by atoms with Crippen molar-refractivity contribution in [3.63, 3.8) is 0 Å². The van der Waals surface area contributed by atoms with Crippen molar-refractivity contribution in [2.75, 3.05) is 14.1 Å². The Morgan fingerprint density at radius 3 is 2.19 bits per heavy atom. The Balaban J connectivity index is 3.20. The van der Waals surface area contributed by atoms with Crippen molar-refractivity contribution in [2.45, 2.75) is 33.2 Å². The van der Waals surface area contributed by atoms with Gasteiger partial charge in [0.2, 0.25) is 0 Å². The van der Waals surface area contributed by atoms with E-state index in [0.29, 0.717) is 6.42 Å². The summed E-state index contributed by atoms with van der Waals surface area (Å²) in [6.07, 6.45) is 0.538. The Morgan fingerprint density at radius 2 is 1.69 bits per heavy atom. The molecular weight excluding hydrogens is 196 g/mol. The van der Waals surface area contributed by atoms with Gasteiger partial charge in [0, 0.05) is 6.04 Å². The molecule has 1 atom stereocenters. The molecule has 16 heavy (non-hydrogen) atoms. The molecule has 86 valence electrons. The molecule has 1 unspecified atom stereocenters. The topological polar surface area (TPSA) is 27.0 Å². The van der Waals surface area contributed by atoms with Gasteiger partial charge in [0.05, 0.1) is 12.5 Å². The Labute approximate surface area is 98.5 Å². The summed E-state index contributed by atoms with van der Waals surface area (Å²) < 4.78 is 0. The monoisotopic (exact) mass is 216 g/mol. The lowest BCUT2D eigenvalue weighted by atomic mass is 9.94. The van der Waals surface area contributed by atoms with Gasteiger partial charge in [-0.25, -0.2) is 0 Å². The van der Waals surface area contributed by atoms with Gasteiger partial charge in [0.1, 0.15) is 0 Å². The van der Waals surface area contributed by atoms with Crippen LogP contribution in [0.1, 0.15) is 34.7 Å². The van der Waals surface area contributed by atoms with Crippen molar-refractivity contribution in [1.82, 2.24) is 4.90 Å². The van der Waals surface area contributed by atoms with Gasteiger partial charge in [0.25, 0.3) is 0 Å². The highest BCUT2D eigenvalue weighted by Crippen LogP contribution is 2.27. The van der Waals surface area contributed by atoms with E-state index in [1.54, 1.807) is 0 Å². The highest BCUT2D eigenvalue weighted by molar-refractivity contribution is 5.38. The van der Waals surface area contributed by atoms with Gasteiger partial charge >= 0.3 is 0 Å². The molecule has 0 heterocycles. The summed E-state index contributed by atoms with van der Waals surface area (Å²) in [5, 5.41) is 8.88. The zero-order chi connectivity index (χ0) is 12.3. The average Bonchev–Trinajstić information content (AvgIpc) is 2.20. The van der Waals surface area contributed by atoms with E-state index in [4.69, 9.17) is 5.26 Å². The van der Waals surface area contributed by atoms with Crippen LogP contribution in [0.2, 0.25) is 0 Å². The van der Waals surface area contributed by atoms with Gasteiger partial charge in [0.15, 0.2) is 0 Å². The SMILES string of the molecule is Cc1cc(C)c(C(CC#N)N(C)C)cc1C. The van der Waals surface area contributed by atoms with Crippen LogP contribution in [0.5, 0.6) is 0 Å². The third-order valence-electron chi connectivity index (χ3n) is 3.15. The van der Waals surface area contributed by atoms with E-state index in [-0.39, 0.29) is 6.04 Å². The van der Waals surface area contributed by atoms with Crippen LogP contribution in [0.3, 0.4) is 0 Å². The lowest BCUT2D eigenvalue weighted by Gasteiger charge is -2.24. The van der Waals surface area contributed by atoms with E-state index >= 15 is 0 Å². The van der Waals surface area contributed by atoms with Crippen LogP contribution in [0.15, 0.2) is 12.1 Å². The van der Waals surface area contributed by atoms with Gasteiger partial charge in [-0.3, -0.25) is 0 Å². The molecule has 1 aromatic carbocycles. The summed E-state index contributed by atoms with van der Waals surface area (Å²) in [7, 11) is 4.05. The second kappa shape index (κ2) is 5.14. The van der Waals surface area contributed by atoms with Gasteiger partial charge in [-0.1, -0.05) is 12.1 Å². The average molecular weight is 216 g/mol. The third kappa shape index (κ3) is 2.62. The molecule has 0 aromatic heterocycles. The van der Waals surface area contributed by atoms with Crippen LogP contribution in [-0.2, 0) is 0 Å². The number of hydrogen-bond donors (Lipinski definition) is 0. The summed E-state index contributed by atoms with van der Waals surface area (Å²) in [5.74, 6) is 0. The molecule has 2 nitrogen and oxygen atoms in total. The van der Waals surface area contributed by atoms with Crippen molar-refractivity contribution >= 4 is 0 Å². The first-order valence-corrected chi connectivity index (χ1v) is 5.58. The predicted octanol–water partition coefficient (Wildman–Crippen LogP) is 3.13. The maximum absolute atomic E-state index is 8.88. The maximum Gasteiger partial charge on any atom is 0.0641 e. The Hall–Kier alpha value is -1.33. The summed E-state index contributed by atoms with van der Waals surface area (Å²) in [4.78, 5) is 2.11. The number of rotatable bonds is 3. The summed E-state index contributed by atoms with van der Waals surface area (Å²) in [5.41, 5.74) is 5.16. The van der Waals surface area contributed by atoms with Crippen LogP contribution >= 0.6 is 0 Å². The van der Waals surface area contributed by atoms with Crippen LogP contribution in [-0.4, -0.2) is 19.0 Å². The normalized spacial score (nSPS) is 12.6. The molecule has 2 heteroatoms. The minimum Gasteiger partial charge on any atom is -0.301 e. The highest BCUT2D eigenvalue weighted by atomic mass is 15.1. The second-order valence-electron chi connectivity index (χ2n) is 4.63. The Kier molecular flexibility index (Phi) is 4.09. The number of benzene rings is 1. The predicted molar refractivity (Wildman–Crippen MR) is 67.3 cm³/mol. The highest BCUT2D eigenvalue weighted by Gasteiger charge is 2.16. The van der Waals surface area contributed by atoms with E-state index in [1.807, 2.05) is 14.1 Å². The third-order valence-corrected chi connectivity index (χ3v) is 3.15. The molecule has 0 aliphatic heterocycles. The van der Waals surface area contributed by atoms with Crippen LogP contribution in [0.25, 0.3) is 0 Å². The maximum atomic E-state index is 8.88. The second-order valence-corrected chi connectivity index (χ2v) is 4.63. The van der Waals surface area contributed by atoms with Gasteiger partial charge in [-0.15, -0.1) is 0 Å². The van der Waals surface area contributed by atoms with Crippen molar-refractivity contribution in [2.24, 2.45) is 0 Å². The standard InChI is InChI=1S/C14H20N2/c1-10-8-12(3)13(9-11(10)2)14(6-7-15)16(4)5/h8-9,14H,6H2,1-5H3. The molecule has 0 amide bonds. The molecule has 0 bridgehead atoms. The van der Waals surface area contributed by atoms with E-state index in [1.165, 1.54) is 22.3 Å². The minimum atomic E-state index is 0.198. The van der Waals surface area contributed by atoms with E-state index in [9.17, 15) is 0 Å². The quantitative estimate of drug-likeness (QED) is 0.776. The van der Waals surface area contributed by atoms with Crippen LogP contribution in [0.4, 0.5) is 0 Å². The first-order chi connectivity index (χ1) is 7.47. The van der Waals surface area contributed by atoms with E-state index in [2.05, 4.69) is 43.9 Å². The molecule has 1 rings (SSSR count). The summed E-state index contributed by atoms with van der Waals surface area (Å²) in [6.45, 7) is 6.37. The van der Waals surface area contributed by atoms with Crippen molar-refractivity contribution in [3.8, 4) is 6.07 Å². The minimum absolute atomic E-state index is 0.198. The molecule has 0 N–H and O–H groups in total. The van der Waals surface area contributed by atoms with Crippen molar-refractivity contribution < 1.29 is 0 Å². The van der Waals surface area contributed by atoms with Gasteiger partial charge < -0.3 is 4.90 Å². The van der Waals surface area contributed by atoms with E-state index in [0.717, 1.165) is 0 Å². The lowest BCUT2D eigenvalue weighted by molar-refractivity contribution is 0.302. The molecule has 0 aliphatic carbocycles. The molecule has 0 aliphatic rings. The molecular formula is C14H20N2. The smallest absolute Gasteiger partial charge is 0.0641 e. The first-order valence-electron chi connectivity index (χ1n) is 5.58. The molecule has 0 fully saturated rings. The van der Waals surface area contributed by atoms with E-state index < -0.39 is 0 Å². The fourth-order valence-corrected chi connectivity index (χ4v) is 2.00. The van der Waals surface area contributed by atoms with Crippen LogP contribution < -0.4 is 0 Å². The molecule has 0 spiro atoms. The number of nitrogens with zero attached hydrogens (tertiary/aromatic N) is 2. The fraction of sp³-hybridized carbons (Fsp3) is 0.500. The number of hydrogen-bond acceptors (Lipinski definition) is 2. The van der Waals surface area contributed by atoms with Crippen LogP contribution in [0, 0.1) is 32.1 Å². The zero-order valence-electron chi connectivity index (χ0n) is 10.8. The van der Waals surface area contributed by atoms with Gasteiger partial charge in [-0.2, -0.15) is 5.26 Å². The first kappa shape index (κ1) is 12.7. The number of aryl methyl sites for hydroxylation is 3. The lowest BCUT2D eigenvalue weighted by Crippen LogP contribution is -2.20. The fourth-order valence-electron chi connectivity index (χ4n) is 2.00. The summed E-state index contributed by atoms with van der Waals surface area (Å²) >= 11 is 0. The van der Waals surface area contributed by atoms with Gasteiger partial charge in [-0.05, 0) is 57.1 Å².